The zero-order valence-corrected chi connectivity index (χ0v) is 29.5. The largest absolute Gasteiger partial charge is 0.491 e. The third-order valence-electron chi connectivity index (χ3n) is 6.02. The highest BCUT2D eigenvalue weighted by Gasteiger charge is 2.04. The van der Waals surface area contributed by atoms with Crippen molar-refractivity contribution in [3.05, 3.63) is 34.4 Å². The molecule has 1 aromatic carbocycles. The molecule has 0 fully saturated rings. The predicted molar refractivity (Wildman–Crippen MR) is 179 cm³/mol. The van der Waals surface area contributed by atoms with E-state index in [4.69, 9.17) is 61.6 Å². The average molecular weight is 724 g/mol. The van der Waals surface area contributed by atoms with Gasteiger partial charge >= 0.3 is 5.97 Å². The Morgan fingerprint density at radius 3 is 1.04 bits per heavy atom. The number of carbonyl (C=O) groups excluding carboxylic acids is 1. The molecule has 0 heterocycles. The molecule has 0 amide bonds. The lowest BCUT2D eigenvalue weighted by Crippen LogP contribution is -2.15. The van der Waals surface area contributed by atoms with Gasteiger partial charge in [0, 0.05) is 12.1 Å². The summed E-state index contributed by atoms with van der Waals surface area (Å²) in [5.74, 6) is 0.295. The number of carbonyl (C=O) groups is 1. The summed E-state index contributed by atoms with van der Waals surface area (Å²) in [4.78, 5) is 21.3. The van der Waals surface area contributed by atoms with E-state index in [2.05, 4.69) is 0 Å². The van der Waals surface area contributed by atoms with Gasteiger partial charge in [-0.15, -0.1) is 0 Å². The van der Waals surface area contributed by atoms with Crippen LogP contribution >= 0.6 is 0 Å². The Bertz CT molecular complexity index is 895. The van der Waals surface area contributed by atoms with E-state index < -0.39 is 4.92 Å². The molecule has 0 saturated heterocycles. The van der Waals surface area contributed by atoms with Gasteiger partial charge in [-0.05, 0) is 19.1 Å². The maximum atomic E-state index is 11.2. The summed E-state index contributed by atoms with van der Waals surface area (Å²) < 4.78 is 70.0. The van der Waals surface area contributed by atoms with Crippen molar-refractivity contribution in [3.8, 4) is 5.75 Å². The molecular formula is C33H57NO16. The molecule has 0 aliphatic carbocycles. The molecular weight excluding hydrogens is 666 g/mol. The Hall–Kier alpha value is -2.55. The number of non-ortho nitro benzene ring substituents is 1. The SMILES string of the molecule is CCOC(=O)CCOCCOCCOCCOCCOCCOCCOCCOCCOCCOCCOCCOc1ccc([N+](=O)[O-])cc1. The first-order valence-corrected chi connectivity index (χ1v) is 17.0. The van der Waals surface area contributed by atoms with Crippen molar-refractivity contribution >= 4 is 11.7 Å². The van der Waals surface area contributed by atoms with Crippen molar-refractivity contribution < 1.29 is 71.3 Å². The normalized spacial score (nSPS) is 11.2. The Morgan fingerprint density at radius 2 is 0.760 bits per heavy atom. The summed E-state index contributed by atoms with van der Waals surface area (Å²) in [5, 5.41) is 10.6. The van der Waals surface area contributed by atoms with Gasteiger partial charge in [-0.2, -0.15) is 0 Å². The van der Waals surface area contributed by atoms with Crippen LogP contribution in [-0.4, -0.2) is 169 Å². The topological polar surface area (TPSA) is 180 Å². The van der Waals surface area contributed by atoms with Crippen LogP contribution in [0.3, 0.4) is 0 Å². The van der Waals surface area contributed by atoms with Gasteiger partial charge in [0.2, 0.25) is 0 Å². The van der Waals surface area contributed by atoms with Gasteiger partial charge in [-0.1, -0.05) is 0 Å². The molecule has 1 rings (SSSR count). The highest BCUT2D eigenvalue weighted by atomic mass is 16.6. The summed E-state index contributed by atoms with van der Waals surface area (Å²) in [6.45, 7) is 12.5. The molecule has 0 saturated carbocycles. The lowest BCUT2D eigenvalue weighted by atomic mass is 10.3. The first kappa shape index (κ1) is 45.5. The van der Waals surface area contributed by atoms with Crippen LogP contribution in [0.1, 0.15) is 13.3 Å². The van der Waals surface area contributed by atoms with Crippen LogP contribution in [-0.2, 0) is 61.6 Å². The average Bonchev–Trinajstić information content (AvgIpc) is 3.11. The van der Waals surface area contributed by atoms with E-state index in [1.165, 1.54) is 12.1 Å². The number of nitro benzene ring substituents is 1. The first-order chi connectivity index (χ1) is 24.6. The lowest BCUT2D eigenvalue weighted by molar-refractivity contribution is -0.384. The molecule has 17 nitrogen and oxygen atoms in total. The molecule has 0 aliphatic rings. The molecule has 0 spiro atoms. The van der Waals surface area contributed by atoms with Crippen LogP contribution in [0.5, 0.6) is 5.75 Å². The minimum atomic E-state index is -0.455. The maximum Gasteiger partial charge on any atom is 0.308 e. The fourth-order valence-corrected chi connectivity index (χ4v) is 3.57. The number of rotatable bonds is 39. The maximum absolute atomic E-state index is 11.2. The molecule has 0 bridgehead atoms. The summed E-state index contributed by atoms with van der Waals surface area (Å²) >= 11 is 0. The zero-order chi connectivity index (χ0) is 36.0. The molecule has 0 radical (unpaired) electrons. The van der Waals surface area contributed by atoms with Crippen LogP contribution in [0.2, 0.25) is 0 Å². The summed E-state index contributed by atoms with van der Waals surface area (Å²) in [5.41, 5.74) is 0.0220. The second-order valence-electron chi connectivity index (χ2n) is 9.89. The molecule has 0 atom stereocenters. The molecule has 290 valence electrons. The number of esters is 1. The van der Waals surface area contributed by atoms with Crippen molar-refractivity contribution in [2.75, 3.05) is 159 Å². The van der Waals surface area contributed by atoms with Gasteiger partial charge < -0.3 is 61.6 Å². The van der Waals surface area contributed by atoms with E-state index in [-0.39, 0.29) is 18.1 Å². The number of hydrogen-bond donors (Lipinski definition) is 0. The predicted octanol–water partition coefficient (Wildman–Crippen LogP) is 2.11. The molecule has 0 aliphatic heterocycles. The summed E-state index contributed by atoms with van der Waals surface area (Å²) in [7, 11) is 0. The van der Waals surface area contributed by atoms with Gasteiger partial charge in [-0.3, -0.25) is 14.9 Å². The first-order valence-electron chi connectivity index (χ1n) is 17.0. The van der Waals surface area contributed by atoms with Gasteiger partial charge in [-0.25, -0.2) is 0 Å². The number of nitro groups is 1. The minimum Gasteiger partial charge on any atom is -0.491 e. The highest BCUT2D eigenvalue weighted by molar-refractivity contribution is 5.69. The lowest BCUT2D eigenvalue weighted by Gasteiger charge is -2.09. The Morgan fingerprint density at radius 1 is 0.480 bits per heavy atom. The van der Waals surface area contributed by atoms with Crippen LogP contribution in [0.4, 0.5) is 5.69 Å². The quantitative estimate of drug-likeness (QED) is 0.0417. The second kappa shape index (κ2) is 36.2. The highest BCUT2D eigenvalue weighted by Crippen LogP contribution is 2.17. The number of ether oxygens (including phenoxy) is 13. The Kier molecular flexibility index (Phi) is 33.0. The molecule has 17 heteroatoms. The fourth-order valence-electron chi connectivity index (χ4n) is 3.57. The summed E-state index contributed by atoms with van der Waals surface area (Å²) in [6, 6.07) is 5.90. The van der Waals surface area contributed by atoms with E-state index in [0.717, 1.165) is 0 Å². The Balaban J connectivity index is 1.65. The molecule has 0 aromatic heterocycles. The van der Waals surface area contributed by atoms with Gasteiger partial charge in [0.1, 0.15) is 12.4 Å². The van der Waals surface area contributed by atoms with Gasteiger partial charge in [0.05, 0.1) is 163 Å². The monoisotopic (exact) mass is 723 g/mol. The third-order valence-corrected chi connectivity index (χ3v) is 6.02. The summed E-state index contributed by atoms with van der Waals surface area (Å²) in [6.07, 6.45) is 0.249. The van der Waals surface area contributed by atoms with Crippen LogP contribution in [0.25, 0.3) is 0 Å². The number of nitrogens with zero attached hydrogens (tertiary/aromatic N) is 1. The van der Waals surface area contributed by atoms with Crippen molar-refractivity contribution in [2.24, 2.45) is 0 Å². The van der Waals surface area contributed by atoms with Crippen molar-refractivity contribution in [1.82, 2.24) is 0 Å². The van der Waals surface area contributed by atoms with E-state index >= 15 is 0 Å². The third kappa shape index (κ3) is 31.4. The zero-order valence-electron chi connectivity index (χ0n) is 29.5. The van der Waals surface area contributed by atoms with Crippen molar-refractivity contribution in [2.45, 2.75) is 13.3 Å². The van der Waals surface area contributed by atoms with E-state index in [1.54, 1.807) is 19.1 Å². The number of benzene rings is 1. The smallest absolute Gasteiger partial charge is 0.308 e. The van der Waals surface area contributed by atoms with E-state index in [0.29, 0.717) is 164 Å². The fraction of sp³-hybridized carbons (Fsp3) is 0.788. The standard InChI is InChI=1S/C33H57NO16/c1-2-49-33(35)7-8-38-9-10-39-11-12-40-13-14-41-15-16-42-17-18-43-19-20-44-21-22-45-23-24-46-25-26-47-27-28-48-29-30-50-32-5-3-31(4-6-32)34(36)37/h3-6H,2,7-30H2,1H3. The molecule has 50 heavy (non-hydrogen) atoms. The second-order valence-corrected chi connectivity index (χ2v) is 9.89. The van der Waals surface area contributed by atoms with E-state index in [1.807, 2.05) is 0 Å². The number of hydrogen-bond acceptors (Lipinski definition) is 16. The Labute approximate surface area is 295 Å². The van der Waals surface area contributed by atoms with Gasteiger partial charge in [0.15, 0.2) is 0 Å². The van der Waals surface area contributed by atoms with Gasteiger partial charge in [0.25, 0.3) is 5.69 Å². The van der Waals surface area contributed by atoms with E-state index in [9.17, 15) is 14.9 Å². The van der Waals surface area contributed by atoms with Crippen LogP contribution in [0, 0.1) is 10.1 Å². The minimum absolute atomic E-state index is 0.0220. The van der Waals surface area contributed by atoms with Crippen molar-refractivity contribution in [1.29, 1.82) is 0 Å². The molecule has 0 unspecified atom stereocenters. The molecule has 1 aromatic rings. The van der Waals surface area contributed by atoms with Crippen LogP contribution in [0.15, 0.2) is 24.3 Å². The molecule has 0 N–H and O–H groups in total. The van der Waals surface area contributed by atoms with Crippen molar-refractivity contribution in [3.63, 3.8) is 0 Å². The van der Waals surface area contributed by atoms with Crippen LogP contribution < -0.4 is 4.74 Å².